The van der Waals surface area contributed by atoms with Gasteiger partial charge in [0.2, 0.25) is 0 Å². The van der Waals surface area contributed by atoms with Crippen molar-refractivity contribution in [1.29, 1.82) is 0 Å². The number of hydrogen-bond acceptors (Lipinski definition) is 2. The average Bonchev–Trinajstić information content (AvgIpc) is 1.98. The molecule has 1 aliphatic carbocycles. The molecule has 0 bridgehead atoms. The molecule has 1 aliphatic rings. The van der Waals surface area contributed by atoms with Crippen molar-refractivity contribution in [2.24, 2.45) is 5.92 Å². The van der Waals surface area contributed by atoms with Gasteiger partial charge in [-0.05, 0) is 50.3 Å². The second-order valence-electron chi connectivity index (χ2n) is 4.35. The van der Waals surface area contributed by atoms with Crippen LogP contribution in [0.4, 0.5) is 0 Å². The molecule has 2 rings (SSSR count). The van der Waals surface area contributed by atoms with Crippen LogP contribution in [0.1, 0.15) is 42.3 Å². The molecule has 0 spiro atoms. The lowest BCUT2D eigenvalue weighted by Crippen LogP contribution is -2.21. The number of aromatic nitrogens is 1. The van der Waals surface area contributed by atoms with Gasteiger partial charge in [-0.3, -0.25) is 4.98 Å². The van der Waals surface area contributed by atoms with Crippen LogP contribution < -0.4 is 0 Å². The van der Waals surface area contributed by atoms with Gasteiger partial charge >= 0.3 is 0 Å². The van der Waals surface area contributed by atoms with Crippen LogP contribution in [0.3, 0.4) is 0 Å². The normalized spacial score (nSPS) is 19.1. The van der Waals surface area contributed by atoms with Crippen molar-refractivity contribution in [3.63, 3.8) is 0 Å². The average molecular weight is 191 g/mol. The van der Waals surface area contributed by atoms with E-state index in [1.54, 1.807) is 0 Å². The zero-order valence-corrected chi connectivity index (χ0v) is 8.83. The predicted octanol–water partition coefficient (Wildman–Crippen LogP) is 2.53. The summed E-state index contributed by atoms with van der Waals surface area (Å²) < 4.78 is 0. The van der Waals surface area contributed by atoms with Crippen LogP contribution >= 0.6 is 0 Å². The smallest absolute Gasteiger partial charge is 0.0987 e. The summed E-state index contributed by atoms with van der Waals surface area (Å²) in [7, 11) is 0. The Bertz CT molecular complexity index is 311. The Labute approximate surface area is 85.0 Å². The fourth-order valence-electron chi connectivity index (χ4n) is 2.02. The minimum absolute atomic E-state index is 0.345. The zero-order chi connectivity index (χ0) is 10.1. The van der Waals surface area contributed by atoms with Gasteiger partial charge in [-0.25, -0.2) is 0 Å². The molecule has 1 aromatic heterocycles. The lowest BCUT2D eigenvalue weighted by Gasteiger charge is -2.30. The second kappa shape index (κ2) is 3.70. The molecular weight excluding hydrogens is 174 g/mol. The van der Waals surface area contributed by atoms with E-state index in [0.29, 0.717) is 5.92 Å². The Hall–Kier alpha value is -0.890. The predicted molar refractivity (Wildman–Crippen MR) is 56.0 cm³/mol. The van der Waals surface area contributed by atoms with Crippen LogP contribution in [0, 0.1) is 19.8 Å². The number of aliphatic hydroxyl groups excluding tert-OH is 1. The number of aliphatic hydroxyl groups is 1. The Morgan fingerprint density at radius 2 is 2.07 bits per heavy atom. The fourth-order valence-corrected chi connectivity index (χ4v) is 2.02. The number of aryl methyl sites for hydroxylation is 2. The Balaban J connectivity index is 2.21. The van der Waals surface area contributed by atoms with Crippen molar-refractivity contribution >= 4 is 0 Å². The minimum Gasteiger partial charge on any atom is -0.387 e. The summed E-state index contributed by atoms with van der Waals surface area (Å²) in [6.45, 7) is 4.02. The maximum absolute atomic E-state index is 10.0. The Morgan fingerprint density at radius 1 is 1.36 bits per heavy atom. The lowest BCUT2D eigenvalue weighted by atomic mass is 9.80. The molecule has 1 N–H and O–H groups in total. The van der Waals surface area contributed by atoms with Gasteiger partial charge in [0.25, 0.3) is 0 Å². The first-order valence-corrected chi connectivity index (χ1v) is 5.30. The molecule has 1 atom stereocenters. The highest BCUT2D eigenvalue weighted by atomic mass is 16.3. The van der Waals surface area contributed by atoms with E-state index in [4.69, 9.17) is 0 Å². The van der Waals surface area contributed by atoms with Gasteiger partial charge in [0.1, 0.15) is 0 Å². The maximum atomic E-state index is 10.0. The second-order valence-corrected chi connectivity index (χ2v) is 4.35. The van der Waals surface area contributed by atoms with E-state index < -0.39 is 0 Å². The number of pyridine rings is 1. The van der Waals surface area contributed by atoms with E-state index in [-0.39, 0.29) is 6.10 Å². The molecule has 0 saturated heterocycles. The molecule has 0 aromatic carbocycles. The van der Waals surface area contributed by atoms with Crippen LogP contribution in [0.15, 0.2) is 12.1 Å². The molecule has 2 heteroatoms. The van der Waals surface area contributed by atoms with Crippen LogP contribution in [0.5, 0.6) is 0 Å². The molecule has 1 heterocycles. The standard InChI is InChI=1S/C12H17NO/c1-8-6-9(2)13-11(7-8)12(14)10-4-3-5-10/h6-7,10,12,14H,3-5H2,1-2H3. The lowest BCUT2D eigenvalue weighted by molar-refractivity contribution is 0.0585. The van der Waals surface area contributed by atoms with Gasteiger partial charge in [-0.1, -0.05) is 6.42 Å². The SMILES string of the molecule is Cc1cc(C)nc(C(O)C2CCC2)c1. The largest absolute Gasteiger partial charge is 0.387 e. The molecule has 1 unspecified atom stereocenters. The van der Waals surface area contributed by atoms with E-state index in [1.165, 1.54) is 12.0 Å². The summed E-state index contributed by atoms with van der Waals surface area (Å²) in [5.74, 6) is 0.448. The maximum Gasteiger partial charge on any atom is 0.0987 e. The first-order chi connectivity index (χ1) is 6.66. The van der Waals surface area contributed by atoms with Crippen molar-refractivity contribution < 1.29 is 5.11 Å². The zero-order valence-electron chi connectivity index (χ0n) is 8.83. The van der Waals surface area contributed by atoms with Crippen LogP contribution in [-0.4, -0.2) is 10.1 Å². The van der Waals surface area contributed by atoms with E-state index in [2.05, 4.69) is 4.98 Å². The number of rotatable bonds is 2. The topological polar surface area (TPSA) is 33.1 Å². The molecule has 76 valence electrons. The van der Waals surface area contributed by atoms with E-state index in [1.807, 2.05) is 26.0 Å². The molecule has 1 saturated carbocycles. The van der Waals surface area contributed by atoms with Crippen molar-refractivity contribution in [2.45, 2.75) is 39.2 Å². The monoisotopic (exact) mass is 191 g/mol. The molecule has 0 amide bonds. The summed E-state index contributed by atoms with van der Waals surface area (Å²) in [5, 5.41) is 10.0. The van der Waals surface area contributed by atoms with Crippen molar-refractivity contribution in [2.75, 3.05) is 0 Å². The molecule has 14 heavy (non-hydrogen) atoms. The van der Waals surface area contributed by atoms with Crippen LogP contribution in [-0.2, 0) is 0 Å². The first-order valence-electron chi connectivity index (χ1n) is 5.30. The molecule has 2 nitrogen and oxygen atoms in total. The Morgan fingerprint density at radius 3 is 2.57 bits per heavy atom. The van der Waals surface area contributed by atoms with Gasteiger partial charge in [-0.2, -0.15) is 0 Å². The van der Waals surface area contributed by atoms with Gasteiger partial charge in [0.15, 0.2) is 0 Å². The van der Waals surface area contributed by atoms with Crippen LogP contribution in [0.25, 0.3) is 0 Å². The summed E-state index contributed by atoms with van der Waals surface area (Å²) in [5.41, 5.74) is 3.04. The highest BCUT2D eigenvalue weighted by Crippen LogP contribution is 2.37. The van der Waals surface area contributed by atoms with Gasteiger partial charge in [0, 0.05) is 5.69 Å². The third kappa shape index (κ3) is 1.80. The highest BCUT2D eigenvalue weighted by Gasteiger charge is 2.27. The first kappa shape index (κ1) is 9.66. The van der Waals surface area contributed by atoms with Gasteiger partial charge in [-0.15, -0.1) is 0 Å². The van der Waals surface area contributed by atoms with Crippen molar-refractivity contribution in [3.8, 4) is 0 Å². The van der Waals surface area contributed by atoms with E-state index in [9.17, 15) is 5.11 Å². The van der Waals surface area contributed by atoms with Crippen molar-refractivity contribution in [3.05, 3.63) is 29.1 Å². The number of nitrogens with zero attached hydrogens (tertiary/aromatic N) is 1. The molecule has 0 aliphatic heterocycles. The third-order valence-corrected chi connectivity index (χ3v) is 3.02. The summed E-state index contributed by atoms with van der Waals surface area (Å²) >= 11 is 0. The van der Waals surface area contributed by atoms with E-state index in [0.717, 1.165) is 24.2 Å². The van der Waals surface area contributed by atoms with Crippen molar-refractivity contribution in [1.82, 2.24) is 4.98 Å². The summed E-state index contributed by atoms with van der Waals surface area (Å²) in [4.78, 5) is 4.39. The molecule has 1 fully saturated rings. The fraction of sp³-hybridized carbons (Fsp3) is 0.583. The highest BCUT2D eigenvalue weighted by molar-refractivity contribution is 5.21. The third-order valence-electron chi connectivity index (χ3n) is 3.02. The van der Waals surface area contributed by atoms with E-state index >= 15 is 0 Å². The summed E-state index contributed by atoms with van der Waals surface area (Å²) in [6.07, 6.45) is 3.21. The number of hydrogen-bond donors (Lipinski definition) is 1. The summed E-state index contributed by atoms with van der Waals surface area (Å²) in [6, 6.07) is 4.03. The molecule has 1 aromatic rings. The molecular formula is C12H17NO. The van der Waals surface area contributed by atoms with Gasteiger partial charge < -0.3 is 5.11 Å². The quantitative estimate of drug-likeness (QED) is 0.779. The molecule has 0 radical (unpaired) electrons. The minimum atomic E-state index is -0.345. The van der Waals surface area contributed by atoms with Gasteiger partial charge in [0.05, 0.1) is 11.8 Å². The Kier molecular flexibility index (Phi) is 2.55. The van der Waals surface area contributed by atoms with Crippen LogP contribution in [0.2, 0.25) is 0 Å².